The first-order chi connectivity index (χ1) is 8.78. The van der Waals surface area contributed by atoms with Gasteiger partial charge in [0.1, 0.15) is 0 Å². The molecule has 100 valence electrons. The molecule has 0 radical (unpaired) electrons. The van der Waals surface area contributed by atoms with E-state index in [2.05, 4.69) is 42.6 Å². The molecule has 1 aliphatic rings. The van der Waals surface area contributed by atoms with Crippen LogP contribution in [0.1, 0.15) is 31.7 Å². The zero-order valence-electron chi connectivity index (χ0n) is 11.6. The van der Waals surface area contributed by atoms with E-state index in [4.69, 9.17) is 4.74 Å². The first kappa shape index (κ1) is 13.6. The highest BCUT2D eigenvalue weighted by Gasteiger charge is 2.22. The van der Waals surface area contributed by atoms with Crippen LogP contribution in [0.25, 0.3) is 0 Å². The molecule has 0 spiro atoms. The third-order valence-corrected chi connectivity index (χ3v) is 3.71. The SMILES string of the molecule is COC(C)CC(CNC1CC1)Cc1ccccc1. The third-order valence-electron chi connectivity index (χ3n) is 3.71. The zero-order valence-corrected chi connectivity index (χ0v) is 11.6. The molecule has 1 aromatic carbocycles. The average molecular weight is 247 g/mol. The van der Waals surface area contributed by atoms with Gasteiger partial charge in [0.05, 0.1) is 6.10 Å². The minimum Gasteiger partial charge on any atom is -0.382 e. The molecule has 0 bridgehead atoms. The number of ether oxygens (including phenoxy) is 1. The Kier molecular flexibility index (Phi) is 5.21. The van der Waals surface area contributed by atoms with Crippen LogP contribution in [0.3, 0.4) is 0 Å². The standard InChI is InChI=1S/C16H25NO/c1-13(18-2)10-15(12-17-16-8-9-16)11-14-6-4-3-5-7-14/h3-7,13,15-17H,8-12H2,1-2H3. The lowest BCUT2D eigenvalue weighted by Crippen LogP contribution is -2.28. The largest absolute Gasteiger partial charge is 0.382 e. The van der Waals surface area contributed by atoms with Gasteiger partial charge in [-0.3, -0.25) is 0 Å². The Labute approximate surface area is 111 Å². The van der Waals surface area contributed by atoms with E-state index in [9.17, 15) is 0 Å². The van der Waals surface area contributed by atoms with E-state index in [-0.39, 0.29) is 0 Å². The van der Waals surface area contributed by atoms with Crippen LogP contribution in [0.15, 0.2) is 30.3 Å². The Hall–Kier alpha value is -0.860. The number of nitrogens with one attached hydrogen (secondary N) is 1. The van der Waals surface area contributed by atoms with Gasteiger partial charge >= 0.3 is 0 Å². The molecule has 2 heteroatoms. The first-order valence-electron chi connectivity index (χ1n) is 7.08. The van der Waals surface area contributed by atoms with Crippen molar-refractivity contribution in [3.8, 4) is 0 Å². The van der Waals surface area contributed by atoms with E-state index in [0.717, 1.165) is 25.4 Å². The van der Waals surface area contributed by atoms with Crippen molar-refractivity contribution in [2.24, 2.45) is 5.92 Å². The second kappa shape index (κ2) is 6.91. The van der Waals surface area contributed by atoms with Crippen LogP contribution < -0.4 is 5.32 Å². The fourth-order valence-corrected chi connectivity index (χ4v) is 2.37. The maximum Gasteiger partial charge on any atom is 0.0546 e. The number of methoxy groups -OCH3 is 1. The Morgan fingerprint density at radius 3 is 2.61 bits per heavy atom. The molecule has 0 heterocycles. The lowest BCUT2D eigenvalue weighted by atomic mass is 9.94. The van der Waals surface area contributed by atoms with Gasteiger partial charge in [-0.15, -0.1) is 0 Å². The van der Waals surface area contributed by atoms with E-state index in [0.29, 0.717) is 12.0 Å². The third kappa shape index (κ3) is 4.79. The summed E-state index contributed by atoms with van der Waals surface area (Å²) in [4.78, 5) is 0. The summed E-state index contributed by atoms with van der Waals surface area (Å²) in [5.74, 6) is 0.669. The van der Waals surface area contributed by atoms with Gasteiger partial charge in [0.15, 0.2) is 0 Å². The summed E-state index contributed by atoms with van der Waals surface area (Å²) < 4.78 is 5.41. The van der Waals surface area contributed by atoms with Crippen molar-refractivity contribution in [2.75, 3.05) is 13.7 Å². The molecule has 0 amide bonds. The number of hydrogen-bond donors (Lipinski definition) is 1. The molecular weight excluding hydrogens is 222 g/mol. The summed E-state index contributed by atoms with van der Waals surface area (Å²) in [6.07, 6.45) is 5.34. The smallest absolute Gasteiger partial charge is 0.0546 e. The van der Waals surface area contributed by atoms with Crippen molar-refractivity contribution in [3.05, 3.63) is 35.9 Å². The summed E-state index contributed by atoms with van der Waals surface area (Å²) in [6, 6.07) is 11.6. The van der Waals surface area contributed by atoms with Crippen LogP contribution in [-0.4, -0.2) is 25.8 Å². The second-order valence-corrected chi connectivity index (χ2v) is 5.52. The van der Waals surface area contributed by atoms with Gasteiger partial charge in [-0.25, -0.2) is 0 Å². The topological polar surface area (TPSA) is 21.3 Å². The van der Waals surface area contributed by atoms with E-state index in [1.165, 1.54) is 18.4 Å². The van der Waals surface area contributed by atoms with Crippen LogP contribution >= 0.6 is 0 Å². The summed E-state index contributed by atoms with van der Waals surface area (Å²) in [7, 11) is 1.80. The highest BCUT2D eigenvalue weighted by atomic mass is 16.5. The van der Waals surface area contributed by atoms with Gasteiger partial charge in [-0.1, -0.05) is 30.3 Å². The predicted octanol–water partition coefficient (Wildman–Crippen LogP) is 3.02. The molecule has 0 aromatic heterocycles. The van der Waals surface area contributed by atoms with Crippen LogP contribution in [0.5, 0.6) is 0 Å². The average Bonchev–Trinajstić information content (AvgIpc) is 3.21. The minimum absolute atomic E-state index is 0.347. The van der Waals surface area contributed by atoms with Gasteiger partial charge in [0.2, 0.25) is 0 Å². The summed E-state index contributed by atoms with van der Waals surface area (Å²) in [6.45, 7) is 3.28. The number of rotatable bonds is 8. The molecule has 2 nitrogen and oxygen atoms in total. The highest BCUT2D eigenvalue weighted by Crippen LogP contribution is 2.21. The van der Waals surface area contributed by atoms with Gasteiger partial charge in [-0.05, 0) is 50.6 Å². The summed E-state index contributed by atoms with van der Waals surface area (Å²) in [5, 5.41) is 3.65. The van der Waals surface area contributed by atoms with Crippen molar-refractivity contribution in [2.45, 2.75) is 44.8 Å². The molecule has 1 saturated carbocycles. The Bertz CT molecular complexity index is 334. The first-order valence-corrected chi connectivity index (χ1v) is 7.08. The normalized spacial score (nSPS) is 18.6. The molecule has 2 rings (SSSR count). The molecule has 1 aromatic rings. The maximum atomic E-state index is 5.41. The Morgan fingerprint density at radius 1 is 1.28 bits per heavy atom. The van der Waals surface area contributed by atoms with Crippen LogP contribution in [0, 0.1) is 5.92 Å². The summed E-state index contributed by atoms with van der Waals surface area (Å²) >= 11 is 0. The monoisotopic (exact) mass is 247 g/mol. The molecule has 2 unspecified atom stereocenters. The molecule has 1 fully saturated rings. The van der Waals surface area contributed by atoms with Crippen LogP contribution in [0.2, 0.25) is 0 Å². The van der Waals surface area contributed by atoms with Crippen molar-refractivity contribution in [1.82, 2.24) is 5.32 Å². The fourth-order valence-electron chi connectivity index (χ4n) is 2.37. The maximum absolute atomic E-state index is 5.41. The molecule has 18 heavy (non-hydrogen) atoms. The van der Waals surface area contributed by atoms with Crippen LogP contribution in [-0.2, 0) is 11.2 Å². The molecule has 0 saturated heterocycles. The number of benzene rings is 1. The Balaban J connectivity index is 1.85. The van der Waals surface area contributed by atoms with Crippen molar-refractivity contribution in [1.29, 1.82) is 0 Å². The van der Waals surface area contributed by atoms with Gasteiger partial charge in [0.25, 0.3) is 0 Å². The fraction of sp³-hybridized carbons (Fsp3) is 0.625. The predicted molar refractivity (Wildman–Crippen MR) is 75.7 cm³/mol. The zero-order chi connectivity index (χ0) is 12.8. The molecule has 1 N–H and O–H groups in total. The molecular formula is C16H25NO. The molecule has 1 aliphatic carbocycles. The minimum atomic E-state index is 0.347. The second-order valence-electron chi connectivity index (χ2n) is 5.52. The molecule has 0 aliphatic heterocycles. The summed E-state index contributed by atoms with van der Waals surface area (Å²) in [5.41, 5.74) is 1.43. The van der Waals surface area contributed by atoms with E-state index in [1.54, 1.807) is 7.11 Å². The Morgan fingerprint density at radius 2 is 2.00 bits per heavy atom. The van der Waals surface area contributed by atoms with Gasteiger partial charge < -0.3 is 10.1 Å². The lowest BCUT2D eigenvalue weighted by Gasteiger charge is -2.21. The van der Waals surface area contributed by atoms with Gasteiger partial charge in [0, 0.05) is 13.2 Å². The molecule has 2 atom stereocenters. The highest BCUT2D eigenvalue weighted by molar-refractivity contribution is 5.15. The quantitative estimate of drug-likeness (QED) is 0.762. The van der Waals surface area contributed by atoms with Crippen molar-refractivity contribution < 1.29 is 4.74 Å². The van der Waals surface area contributed by atoms with Crippen molar-refractivity contribution in [3.63, 3.8) is 0 Å². The lowest BCUT2D eigenvalue weighted by molar-refractivity contribution is 0.0945. The van der Waals surface area contributed by atoms with E-state index >= 15 is 0 Å². The van der Waals surface area contributed by atoms with Crippen molar-refractivity contribution >= 4 is 0 Å². The van der Waals surface area contributed by atoms with E-state index < -0.39 is 0 Å². The van der Waals surface area contributed by atoms with E-state index in [1.807, 2.05) is 0 Å². The van der Waals surface area contributed by atoms with Crippen LogP contribution in [0.4, 0.5) is 0 Å². The number of hydrogen-bond acceptors (Lipinski definition) is 2. The van der Waals surface area contributed by atoms with Gasteiger partial charge in [-0.2, -0.15) is 0 Å².